The second-order valence-electron chi connectivity index (χ2n) is 3.82. The molecule has 0 bridgehead atoms. The maximum Gasteiger partial charge on any atom is 0.204 e. The maximum absolute atomic E-state index is 5.75. The van der Waals surface area contributed by atoms with E-state index in [1.807, 2.05) is 24.3 Å². The molecule has 0 aliphatic carbocycles. The standard InChI is InChI=1S/C12H11N5S/c13-10-6-9(11-12(14-10)16-17-15-11)18-7-8-4-2-1-3-5-8/h1-6H,7H2,(H3,13,14,15,16,17). The topological polar surface area (TPSA) is 80.5 Å². The third kappa shape index (κ3) is 2.14. The highest BCUT2D eigenvalue weighted by Crippen LogP contribution is 2.28. The van der Waals surface area contributed by atoms with Gasteiger partial charge in [-0.25, -0.2) is 4.98 Å². The largest absolute Gasteiger partial charge is 0.384 e. The summed E-state index contributed by atoms with van der Waals surface area (Å²) in [5.74, 6) is 1.33. The highest BCUT2D eigenvalue weighted by molar-refractivity contribution is 7.98. The van der Waals surface area contributed by atoms with Gasteiger partial charge in [-0.1, -0.05) is 30.3 Å². The summed E-state index contributed by atoms with van der Waals surface area (Å²) in [5.41, 5.74) is 8.33. The smallest absolute Gasteiger partial charge is 0.204 e. The molecule has 0 spiro atoms. The third-order valence-electron chi connectivity index (χ3n) is 2.51. The highest BCUT2D eigenvalue weighted by atomic mass is 32.2. The number of nitrogens with two attached hydrogens (primary N) is 1. The second-order valence-corrected chi connectivity index (χ2v) is 4.83. The van der Waals surface area contributed by atoms with Crippen LogP contribution in [0, 0.1) is 0 Å². The van der Waals surface area contributed by atoms with Crippen LogP contribution in [0.4, 0.5) is 5.82 Å². The first-order valence-corrected chi connectivity index (χ1v) is 6.45. The fourth-order valence-corrected chi connectivity index (χ4v) is 2.66. The Morgan fingerprint density at radius 2 is 2.00 bits per heavy atom. The van der Waals surface area contributed by atoms with E-state index in [-0.39, 0.29) is 0 Å². The van der Waals surface area contributed by atoms with E-state index in [1.165, 1.54) is 5.56 Å². The van der Waals surface area contributed by atoms with Crippen molar-refractivity contribution in [2.24, 2.45) is 0 Å². The second kappa shape index (κ2) is 4.66. The Bertz CT molecular complexity index is 665. The van der Waals surface area contributed by atoms with Crippen LogP contribution in [-0.4, -0.2) is 20.4 Å². The molecule has 5 nitrogen and oxygen atoms in total. The van der Waals surface area contributed by atoms with E-state index in [1.54, 1.807) is 11.8 Å². The molecule has 0 saturated carbocycles. The number of nitrogens with one attached hydrogen (secondary N) is 1. The minimum absolute atomic E-state index is 0.465. The van der Waals surface area contributed by atoms with Crippen molar-refractivity contribution in [3.8, 4) is 0 Å². The molecule has 2 aromatic heterocycles. The van der Waals surface area contributed by atoms with Gasteiger partial charge in [-0.15, -0.1) is 16.9 Å². The number of hydrogen-bond acceptors (Lipinski definition) is 5. The number of aromatic nitrogens is 4. The molecule has 2 heterocycles. The third-order valence-corrected chi connectivity index (χ3v) is 3.61. The van der Waals surface area contributed by atoms with Crippen molar-refractivity contribution in [1.29, 1.82) is 0 Å². The van der Waals surface area contributed by atoms with Crippen LogP contribution in [0.2, 0.25) is 0 Å². The average Bonchev–Trinajstić information content (AvgIpc) is 2.85. The van der Waals surface area contributed by atoms with E-state index in [9.17, 15) is 0 Å². The van der Waals surface area contributed by atoms with Crippen LogP contribution < -0.4 is 5.73 Å². The number of thioether (sulfide) groups is 1. The molecule has 3 rings (SSSR count). The van der Waals surface area contributed by atoms with Crippen molar-refractivity contribution in [2.75, 3.05) is 5.73 Å². The molecule has 0 aliphatic heterocycles. The molecule has 6 heteroatoms. The van der Waals surface area contributed by atoms with E-state index in [2.05, 4.69) is 32.5 Å². The SMILES string of the molecule is Nc1cc(SCc2ccccc2)c2n[nH]nc2n1. The molecule has 0 aliphatic rings. The van der Waals surface area contributed by atoms with Gasteiger partial charge in [0.15, 0.2) is 0 Å². The first-order chi connectivity index (χ1) is 8.83. The normalized spacial score (nSPS) is 10.9. The maximum atomic E-state index is 5.75. The zero-order chi connectivity index (χ0) is 12.4. The minimum Gasteiger partial charge on any atom is -0.384 e. The van der Waals surface area contributed by atoms with Gasteiger partial charge < -0.3 is 5.73 Å². The lowest BCUT2D eigenvalue weighted by Crippen LogP contribution is -1.92. The Balaban J connectivity index is 1.88. The number of anilines is 1. The Morgan fingerprint density at radius 3 is 2.83 bits per heavy atom. The Hall–Kier alpha value is -2.08. The lowest BCUT2D eigenvalue weighted by atomic mass is 10.2. The van der Waals surface area contributed by atoms with Gasteiger partial charge >= 0.3 is 0 Å². The van der Waals surface area contributed by atoms with E-state index in [0.717, 1.165) is 16.2 Å². The summed E-state index contributed by atoms with van der Waals surface area (Å²) >= 11 is 1.68. The number of hydrogen-bond donors (Lipinski definition) is 2. The summed E-state index contributed by atoms with van der Waals surface area (Å²) in [5, 5.41) is 10.6. The summed E-state index contributed by atoms with van der Waals surface area (Å²) in [7, 11) is 0. The first-order valence-electron chi connectivity index (χ1n) is 5.46. The molecule has 0 unspecified atom stereocenters. The predicted octanol–water partition coefficient (Wildman–Crippen LogP) is 2.23. The van der Waals surface area contributed by atoms with Crippen LogP contribution in [-0.2, 0) is 5.75 Å². The zero-order valence-corrected chi connectivity index (χ0v) is 10.3. The van der Waals surface area contributed by atoms with Gasteiger partial charge in [0.2, 0.25) is 5.65 Å². The van der Waals surface area contributed by atoms with Crippen molar-refractivity contribution in [3.05, 3.63) is 42.0 Å². The van der Waals surface area contributed by atoms with Gasteiger partial charge in [0.1, 0.15) is 11.3 Å². The molecule has 18 heavy (non-hydrogen) atoms. The quantitative estimate of drug-likeness (QED) is 0.703. The van der Waals surface area contributed by atoms with Crippen LogP contribution in [0.5, 0.6) is 0 Å². The molecular weight excluding hydrogens is 246 g/mol. The van der Waals surface area contributed by atoms with Crippen molar-refractivity contribution >= 4 is 28.7 Å². The van der Waals surface area contributed by atoms with Crippen molar-refractivity contribution < 1.29 is 0 Å². The van der Waals surface area contributed by atoms with Crippen molar-refractivity contribution in [3.63, 3.8) is 0 Å². The summed E-state index contributed by atoms with van der Waals surface area (Å²) in [6.07, 6.45) is 0. The van der Waals surface area contributed by atoms with Crippen LogP contribution in [0.15, 0.2) is 41.3 Å². The van der Waals surface area contributed by atoms with E-state index in [0.29, 0.717) is 11.5 Å². The Morgan fingerprint density at radius 1 is 1.17 bits per heavy atom. The van der Waals surface area contributed by atoms with Gasteiger partial charge in [-0.3, -0.25) is 0 Å². The number of aromatic amines is 1. The van der Waals surface area contributed by atoms with Crippen molar-refractivity contribution in [2.45, 2.75) is 10.6 Å². The Labute approximate surface area is 108 Å². The molecule has 0 amide bonds. The van der Waals surface area contributed by atoms with E-state index < -0.39 is 0 Å². The number of benzene rings is 1. The van der Waals surface area contributed by atoms with Crippen LogP contribution in [0.25, 0.3) is 11.2 Å². The molecule has 0 fully saturated rings. The monoisotopic (exact) mass is 257 g/mol. The van der Waals surface area contributed by atoms with Crippen molar-refractivity contribution in [1.82, 2.24) is 20.4 Å². The zero-order valence-electron chi connectivity index (χ0n) is 9.50. The fourth-order valence-electron chi connectivity index (χ4n) is 1.67. The van der Waals surface area contributed by atoms with Gasteiger partial charge in [0, 0.05) is 10.6 Å². The number of fused-ring (bicyclic) bond motifs is 1. The molecule has 3 N–H and O–H groups in total. The fraction of sp³-hybridized carbons (Fsp3) is 0.0833. The van der Waals surface area contributed by atoms with Crippen LogP contribution >= 0.6 is 11.8 Å². The molecule has 3 aromatic rings. The lowest BCUT2D eigenvalue weighted by Gasteiger charge is -2.03. The van der Waals surface area contributed by atoms with Gasteiger partial charge in [-0.05, 0) is 11.6 Å². The molecule has 0 radical (unpaired) electrons. The molecule has 1 aromatic carbocycles. The Kier molecular flexibility index (Phi) is 2.85. The number of pyridine rings is 1. The summed E-state index contributed by atoms with van der Waals surface area (Å²) < 4.78 is 0. The average molecular weight is 257 g/mol. The number of nitrogens with zero attached hydrogens (tertiary/aromatic N) is 3. The lowest BCUT2D eigenvalue weighted by molar-refractivity contribution is 0.953. The predicted molar refractivity (Wildman–Crippen MR) is 72.1 cm³/mol. The van der Waals surface area contributed by atoms with Crippen LogP contribution in [0.1, 0.15) is 5.56 Å². The summed E-state index contributed by atoms with van der Waals surface area (Å²) in [6.45, 7) is 0. The van der Waals surface area contributed by atoms with E-state index >= 15 is 0 Å². The number of nitrogen functional groups attached to an aromatic ring is 1. The number of H-pyrrole nitrogens is 1. The summed E-state index contributed by atoms with van der Waals surface area (Å²) in [4.78, 5) is 5.11. The molecular formula is C12H11N5S. The van der Waals surface area contributed by atoms with Gasteiger partial charge in [-0.2, -0.15) is 10.3 Å². The van der Waals surface area contributed by atoms with Gasteiger partial charge in [0.05, 0.1) is 0 Å². The van der Waals surface area contributed by atoms with Crippen LogP contribution in [0.3, 0.4) is 0 Å². The number of rotatable bonds is 3. The molecule has 0 atom stereocenters. The summed E-state index contributed by atoms with van der Waals surface area (Å²) in [6, 6.07) is 12.1. The molecule has 0 saturated heterocycles. The molecule has 90 valence electrons. The highest BCUT2D eigenvalue weighted by Gasteiger charge is 2.08. The van der Waals surface area contributed by atoms with E-state index in [4.69, 9.17) is 5.73 Å². The first kappa shape index (κ1) is 11.0. The minimum atomic E-state index is 0.465. The van der Waals surface area contributed by atoms with Gasteiger partial charge in [0.25, 0.3) is 0 Å².